The Bertz CT molecular complexity index is 1090. The fourth-order valence-corrected chi connectivity index (χ4v) is 4.73. The third-order valence-corrected chi connectivity index (χ3v) is 6.02. The summed E-state index contributed by atoms with van der Waals surface area (Å²) < 4.78 is 11.4. The van der Waals surface area contributed by atoms with Gasteiger partial charge in [0.25, 0.3) is 5.91 Å². The van der Waals surface area contributed by atoms with Gasteiger partial charge in [0.15, 0.2) is 11.5 Å². The van der Waals surface area contributed by atoms with Crippen molar-refractivity contribution < 1.29 is 14.3 Å². The number of ether oxygens (including phenoxy) is 2. The number of hydrogen-bond acceptors (Lipinski definition) is 6. The number of carbonyl (C=O) groups is 1. The van der Waals surface area contributed by atoms with E-state index in [0.29, 0.717) is 34.2 Å². The standard InChI is InChI=1S/C24H25N3O3S/c1-4-29-21-12-16(9-10-20(21)30-15(2)3)11-17(13-25)23(28)27-24-19(14-26)18-7-5-6-8-22(18)31-24/h9-12,15H,4-8H2,1-3H3,(H,27,28)/b17-11+. The van der Waals surface area contributed by atoms with E-state index in [-0.39, 0.29) is 11.7 Å². The molecule has 0 spiro atoms. The molecule has 0 radical (unpaired) electrons. The molecule has 0 saturated heterocycles. The largest absolute Gasteiger partial charge is 0.490 e. The van der Waals surface area contributed by atoms with Crippen molar-refractivity contribution in [3.8, 4) is 23.6 Å². The van der Waals surface area contributed by atoms with Crippen molar-refractivity contribution in [3.63, 3.8) is 0 Å². The fraction of sp³-hybridized carbons (Fsp3) is 0.375. The molecule has 1 N–H and O–H groups in total. The molecule has 2 aromatic rings. The summed E-state index contributed by atoms with van der Waals surface area (Å²) in [4.78, 5) is 13.9. The predicted molar refractivity (Wildman–Crippen MR) is 121 cm³/mol. The maximum absolute atomic E-state index is 12.8. The molecule has 0 atom stereocenters. The lowest BCUT2D eigenvalue weighted by atomic mass is 9.96. The highest BCUT2D eigenvalue weighted by Gasteiger charge is 2.22. The van der Waals surface area contributed by atoms with Crippen LogP contribution < -0.4 is 14.8 Å². The Labute approximate surface area is 186 Å². The first-order valence-electron chi connectivity index (χ1n) is 10.4. The number of nitriles is 2. The van der Waals surface area contributed by atoms with Gasteiger partial charge in [0.05, 0.1) is 18.3 Å². The summed E-state index contributed by atoms with van der Waals surface area (Å²) in [5.41, 5.74) is 2.17. The van der Waals surface area contributed by atoms with Crippen molar-refractivity contribution in [1.29, 1.82) is 10.5 Å². The van der Waals surface area contributed by atoms with Crippen molar-refractivity contribution >= 4 is 28.3 Å². The number of rotatable bonds is 7. The highest BCUT2D eigenvalue weighted by Crippen LogP contribution is 2.38. The van der Waals surface area contributed by atoms with Gasteiger partial charge in [-0.15, -0.1) is 11.3 Å². The number of anilines is 1. The van der Waals surface area contributed by atoms with E-state index in [1.54, 1.807) is 18.2 Å². The molecule has 160 valence electrons. The number of nitrogens with one attached hydrogen (secondary N) is 1. The van der Waals surface area contributed by atoms with Crippen LogP contribution in [0.5, 0.6) is 11.5 Å². The quantitative estimate of drug-likeness (QED) is 0.475. The minimum absolute atomic E-state index is 0.00741. The number of nitrogens with zero attached hydrogens (tertiary/aromatic N) is 2. The number of benzene rings is 1. The average Bonchev–Trinajstić information content (AvgIpc) is 3.10. The van der Waals surface area contributed by atoms with E-state index in [1.165, 1.54) is 17.4 Å². The summed E-state index contributed by atoms with van der Waals surface area (Å²) in [5, 5.41) is 22.5. The fourth-order valence-electron chi connectivity index (χ4n) is 3.49. The van der Waals surface area contributed by atoms with Gasteiger partial charge in [0.1, 0.15) is 22.7 Å². The molecule has 1 amide bonds. The zero-order valence-electron chi connectivity index (χ0n) is 17.9. The summed E-state index contributed by atoms with van der Waals surface area (Å²) in [7, 11) is 0. The molecule has 3 rings (SSSR count). The van der Waals surface area contributed by atoms with Crippen LogP contribution in [-0.4, -0.2) is 18.6 Å². The number of aryl methyl sites for hydroxylation is 1. The number of amides is 1. The average molecular weight is 436 g/mol. The summed E-state index contributed by atoms with van der Waals surface area (Å²) in [6, 6.07) is 9.48. The minimum atomic E-state index is -0.530. The summed E-state index contributed by atoms with van der Waals surface area (Å²) in [5.74, 6) is 0.637. The molecule has 0 bridgehead atoms. The second-order valence-electron chi connectivity index (χ2n) is 7.46. The smallest absolute Gasteiger partial charge is 0.266 e. The maximum atomic E-state index is 12.8. The first-order valence-corrected chi connectivity index (χ1v) is 11.2. The zero-order valence-corrected chi connectivity index (χ0v) is 18.8. The van der Waals surface area contributed by atoms with Crippen LogP contribution in [-0.2, 0) is 17.6 Å². The second kappa shape index (κ2) is 10.1. The molecule has 6 nitrogen and oxygen atoms in total. The molecule has 0 saturated carbocycles. The highest BCUT2D eigenvalue weighted by atomic mass is 32.1. The Morgan fingerprint density at radius 3 is 2.71 bits per heavy atom. The topological polar surface area (TPSA) is 95.1 Å². The van der Waals surface area contributed by atoms with Crippen LogP contribution in [0.2, 0.25) is 0 Å². The molecule has 1 aromatic carbocycles. The van der Waals surface area contributed by atoms with Gasteiger partial charge in [-0.2, -0.15) is 10.5 Å². The van der Waals surface area contributed by atoms with Crippen molar-refractivity contribution in [3.05, 3.63) is 45.3 Å². The first kappa shape index (κ1) is 22.4. The molecule has 1 aliphatic carbocycles. The van der Waals surface area contributed by atoms with Gasteiger partial charge >= 0.3 is 0 Å². The van der Waals surface area contributed by atoms with Gasteiger partial charge in [-0.25, -0.2) is 0 Å². The molecular weight excluding hydrogens is 410 g/mol. The van der Waals surface area contributed by atoms with Gasteiger partial charge in [0, 0.05) is 4.88 Å². The summed E-state index contributed by atoms with van der Waals surface area (Å²) >= 11 is 1.44. The molecule has 31 heavy (non-hydrogen) atoms. The van der Waals surface area contributed by atoms with Crippen molar-refractivity contribution in [2.45, 2.75) is 52.6 Å². The van der Waals surface area contributed by atoms with E-state index < -0.39 is 5.91 Å². The monoisotopic (exact) mass is 435 g/mol. The SMILES string of the molecule is CCOc1cc(/C=C(\C#N)C(=O)Nc2sc3c(c2C#N)CCCC3)ccc1OC(C)C. The van der Waals surface area contributed by atoms with Crippen molar-refractivity contribution in [1.82, 2.24) is 0 Å². The number of thiophene rings is 1. The molecule has 0 fully saturated rings. The lowest BCUT2D eigenvalue weighted by Gasteiger charge is -2.15. The molecule has 0 unspecified atom stereocenters. The zero-order chi connectivity index (χ0) is 22.4. The first-order chi connectivity index (χ1) is 15.0. The van der Waals surface area contributed by atoms with E-state index in [0.717, 1.165) is 36.1 Å². The number of carbonyl (C=O) groups excluding carboxylic acids is 1. The molecule has 0 aliphatic heterocycles. The van der Waals surface area contributed by atoms with E-state index in [4.69, 9.17) is 9.47 Å². The van der Waals surface area contributed by atoms with Crippen LogP contribution in [0.4, 0.5) is 5.00 Å². The highest BCUT2D eigenvalue weighted by molar-refractivity contribution is 7.16. The normalized spacial score (nSPS) is 13.2. The van der Waals surface area contributed by atoms with Gasteiger partial charge in [-0.1, -0.05) is 6.07 Å². The number of hydrogen-bond donors (Lipinski definition) is 1. The van der Waals surface area contributed by atoms with Crippen LogP contribution >= 0.6 is 11.3 Å². The molecule has 7 heteroatoms. The van der Waals surface area contributed by atoms with Crippen molar-refractivity contribution in [2.75, 3.05) is 11.9 Å². The minimum Gasteiger partial charge on any atom is -0.490 e. The summed E-state index contributed by atoms with van der Waals surface area (Å²) in [6.45, 7) is 6.20. The molecular formula is C24H25N3O3S. The van der Waals surface area contributed by atoms with Crippen LogP contribution in [0.25, 0.3) is 6.08 Å². The Balaban J connectivity index is 1.86. The van der Waals surface area contributed by atoms with E-state index >= 15 is 0 Å². The van der Waals surface area contributed by atoms with Crippen LogP contribution in [0.3, 0.4) is 0 Å². The van der Waals surface area contributed by atoms with Crippen LogP contribution in [0.1, 0.15) is 55.2 Å². The van der Waals surface area contributed by atoms with Crippen molar-refractivity contribution in [2.24, 2.45) is 0 Å². The van der Waals surface area contributed by atoms with Gasteiger partial charge < -0.3 is 14.8 Å². The third kappa shape index (κ3) is 5.25. The van der Waals surface area contributed by atoms with Crippen LogP contribution in [0.15, 0.2) is 23.8 Å². The lowest BCUT2D eigenvalue weighted by molar-refractivity contribution is -0.112. The Hall–Kier alpha value is -3.29. The van der Waals surface area contributed by atoms with E-state index in [2.05, 4.69) is 11.4 Å². The third-order valence-electron chi connectivity index (χ3n) is 4.82. The second-order valence-corrected chi connectivity index (χ2v) is 8.56. The molecule has 1 aliphatic rings. The van der Waals surface area contributed by atoms with Gasteiger partial charge in [-0.3, -0.25) is 4.79 Å². The Morgan fingerprint density at radius 2 is 2.03 bits per heavy atom. The number of fused-ring (bicyclic) bond motifs is 1. The molecule has 1 aromatic heterocycles. The Kier molecular flexibility index (Phi) is 7.33. The predicted octanol–water partition coefficient (Wildman–Crippen LogP) is 5.23. The van der Waals surface area contributed by atoms with Gasteiger partial charge in [-0.05, 0) is 75.8 Å². The maximum Gasteiger partial charge on any atom is 0.266 e. The van der Waals surface area contributed by atoms with Gasteiger partial charge in [0.2, 0.25) is 0 Å². The van der Waals surface area contributed by atoms with E-state index in [1.807, 2.05) is 26.8 Å². The van der Waals surface area contributed by atoms with Crippen LogP contribution in [0, 0.1) is 22.7 Å². The summed E-state index contributed by atoms with van der Waals surface area (Å²) in [6.07, 6.45) is 5.43. The lowest BCUT2D eigenvalue weighted by Crippen LogP contribution is -2.13. The Morgan fingerprint density at radius 1 is 1.26 bits per heavy atom. The van der Waals surface area contributed by atoms with E-state index in [9.17, 15) is 15.3 Å². The molecule has 1 heterocycles.